The van der Waals surface area contributed by atoms with Gasteiger partial charge in [0.1, 0.15) is 0 Å². The van der Waals surface area contributed by atoms with E-state index in [1.54, 1.807) is 0 Å². The molecule has 6 heteroatoms. The van der Waals surface area contributed by atoms with E-state index >= 15 is 0 Å². The molecule has 1 aromatic carbocycles. The molecule has 0 bridgehead atoms. The van der Waals surface area contributed by atoms with E-state index in [0.717, 1.165) is 6.07 Å². The van der Waals surface area contributed by atoms with Crippen molar-refractivity contribution in [3.05, 3.63) is 29.3 Å². The average Bonchev–Trinajstić information content (AvgIpc) is 2.33. The molecule has 0 amide bonds. The number of carboxylic acid groups (broad SMARTS) is 1. The molecular weight excluding hydrogens is 244 g/mol. The van der Waals surface area contributed by atoms with E-state index in [-0.39, 0.29) is 18.3 Å². The number of halogens is 2. The van der Waals surface area contributed by atoms with Crippen LogP contribution in [-0.4, -0.2) is 28.8 Å². The van der Waals surface area contributed by atoms with Gasteiger partial charge in [0.15, 0.2) is 11.6 Å². The highest BCUT2D eigenvalue weighted by Crippen LogP contribution is 2.22. The van der Waals surface area contributed by atoms with E-state index in [0.29, 0.717) is 12.8 Å². The van der Waals surface area contributed by atoms with Crippen molar-refractivity contribution in [2.45, 2.75) is 25.8 Å². The molecule has 1 aromatic rings. The SMILES string of the molecule is CCC(CCO)Nc1ccc(C(=O)O)c(F)c1F. The Morgan fingerprint density at radius 1 is 1.39 bits per heavy atom. The highest BCUT2D eigenvalue weighted by atomic mass is 19.2. The molecule has 0 aliphatic heterocycles. The van der Waals surface area contributed by atoms with E-state index in [2.05, 4.69) is 5.32 Å². The second kappa shape index (κ2) is 6.30. The molecule has 4 nitrogen and oxygen atoms in total. The monoisotopic (exact) mass is 259 g/mol. The van der Waals surface area contributed by atoms with Gasteiger partial charge in [0.05, 0.1) is 11.3 Å². The van der Waals surface area contributed by atoms with Gasteiger partial charge in [-0.2, -0.15) is 0 Å². The maximum Gasteiger partial charge on any atom is 0.338 e. The minimum absolute atomic E-state index is 0.0666. The zero-order valence-electron chi connectivity index (χ0n) is 9.91. The largest absolute Gasteiger partial charge is 0.478 e. The standard InChI is InChI=1S/C12H15F2NO3/c1-2-7(5-6-16)15-9-4-3-8(12(17)18)10(13)11(9)14/h3-4,7,15-16H,2,5-6H2,1H3,(H,17,18). The van der Waals surface area contributed by atoms with Crippen LogP contribution in [0.5, 0.6) is 0 Å². The number of hydrogen-bond donors (Lipinski definition) is 3. The number of aliphatic hydroxyl groups is 1. The van der Waals surface area contributed by atoms with Gasteiger partial charge < -0.3 is 15.5 Å². The van der Waals surface area contributed by atoms with Gasteiger partial charge in [-0.25, -0.2) is 13.6 Å². The van der Waals surface area contributed by atoms with Gasteiger partial charge in [-0.1, -0.05) is 6.92 Å². The first-order valence-electron chi connectivity index (χ1n) is 5.59. The fourth-order valence-electron chi connectivity index (χ4n) is 1.58. The zero-order valence-corrected chi connectivity index (χ0v) is 9.91. The number of anilines is 1. The van der Waals surface area contributed by atoms with Crippen molar-refractivity contribution in [1.29, 1.82) is 0 Å². The molecule has 0 aliphatic rings. The lowest BCUT2D eigenvalue weighted by molar-refractivity contribution is 0.0690. The summed E-state index contributed by atoms with van der Waals surface area (Å²) in [5.74, 6) is -4.11. The molecule has 0 saturated heterocycles. The lowest BCUT2D eigenvalue weighted by Crippen LogP contribution is -2.21. The molecule has 0 heterocycles. The van der Waals surface area contributed by atoms with E-state index in [1.165, 1.54) is 6.07 Å². The molecule has 0 saturated carbocycles. The summed E-state index contributed by atoms with van der Waals surface area (Å²) in [5.41, 5.74) is -0.800. The molecule has 100 valence electrons. The van der Waals surface area contributed by atoms with E-state index < -0.39 is 23.2 Å². The highest BCUT2D eigenvalue weighted by molar-refractivity contribution is 5.88. The van der Waals surface area contributed by atoms with Gasteiger partial charge >= 0.3 is 5.97 Å². The van der Waals surface area contributed by atoms with E-state index in [9.17, 15) is 13.6 Å². The first-order chi connectivity index (χ1) is 8.51. The fourth-order valence-corrected chi connectivity index (χ4v) is 1.58. The number of aromatic carboxylic acids is 1. The molecular formula is C12H15F2NO3. The Bertz CT molecular complexity index is 438. The predicted octanol–water partition coefficient (Wildman–Crippen LogP) is 2.24. The molecule has 1 rings (SSSR count). The smallest absolute Gasteiger partial charge is 0.338 e. The molecule has 0 fully saturated rings. The van der Waals surface area contributed by atoms with Crippen molar-refractivity contribution in [3.63, 3.8) is 0 Å². The normalized spacial score (nSPS) is 12.2. The van der Waals surface area contributed by atoms with Gasteiger partial charge in [-0.3, -0.25) is 0 Å². The Hall–Kier alpha value is -1.69. The molecule has 0 spiro atoms. The van der Waals surface area contributed by atoms with Gasteiger partial charge in [0.2, 0.25) is 0 Å². The van der Waals surface area contributed by atoms with Crippen molar-refractivity contribution in [2.75, 3.05) is 11.9 Å². The fraction of sp³-hybridized carbons (Fsp3) is 0.417. The molecule has 3 N–H and O–H groups in total. The van der Waals surface area contributed by atoms with Gasteiger partial charge in [-0.15, -0.1) is 0 Å². The second-order valence-electron chi connectivity index (χ2n) is 3.86. The van der Waals surface area contributed by atoms with Gasteiger partial charge in [-0.05, 0) is 25.0 Å². The molecule has 1 unspecified atom stereocenters. The average molecular weight is 259 g/mol. The van der Waals surface area contributed by atoms with Crippen molar-refractivity contribution in [1.82, 2.24) is 0 Å². The summed E-state index contributed by atoms with van der Waals surface area (Å²) in [7, 11) is 0. The van der Waals surface area contributed by atoms with Crippen LogP contribution in [0.1, 0.15) is 30.1 Å². The lowest BCUT2D eigenvalue weighted by Gasteiger charge is -2.18. The first-order valence-corrected chi connectivity index (χ1v) is 5.59. The summed E-state index contributed by atoms with van der Waals surface area (Å²) in [6.45, 7) is 1.77. The number of nitrogens with one attached hydrogen (secondary N) is 1. The van der Waals surface area contributed by atoms with Crippen LogP contribution in [-0.2, 0) is 0 Å². The van der Waals surface area contributed by atoms with Crippen molar-refractivity contribution in [3.8, 4) is 0 Å². The Labute approximate surface area is 103 Å². The number of aliphatic hydroxyl groups excluding tert-OH is 1. The number of hydrogen-bond acceptors (Lipinski definition) is 3. The Kier molecular flexibility index (Phi) is 5.03. The van der Waals surface area contributed by atoms with Crippen LogP contribution >= 0.6 is 0 Å². The molecule has 18 heavy (non-hydrogen) atoms. The third-order valence-electron chi connectivity index (χ3n) is 2.64. The Morgan fingerprint density at radius 2 is 2.06 bits per heavy atom. The summed E-state index contributed by atoms with van der Waals surface area (Å²) in [6.07, 6.45) is 1.03. The van der Waals surface area contributed by atoms with Gasteiger partial charge in [0.25, 0.3) is 0 Å². The summed E-state index contributed by atoms with van der Waals surface area (Å²) < 4.78 is 27.0. The molecule has 0 radical (unpaired) electrons. The minimum Gasteiger partial charge on any atom is -0.478 e. The number of carboxylic acids is 1. The number of carbonyl (C=O) groups is 1. The van der Waals surface area contributed by atoms with E-state index in [4.69, 9.17) is 10.2 Å². The zero-order chi connectivity index (χ0) is 13.7. The highest BCUT2D eigenvalue weighted by Gasteiger charge is 2.19. The summed E-state index contributed by atoms with van der Waals surface area (Å²) in [5, 5.41) is 20.2. The third-order valence-corrected chi connectivity index (χ3v) is 2.64. The first kappa shape index (κ1) is 14.4. The van der Waals surface area contributed by atoms with Crippen LogP contribution < -0.4 is 5.32 Å². The quantitative estimate of drug-likeness (QED) is 0.732. The summed E-state index contributed by atoms with van der Waals surface area (Å²) in [6, 6.07) is 2.00. The molecule has 0 aliphatic carbocycles. The van der Waals surface area contributed by atoms with Crippen LogP contribution in [0.25, 0.3) is 0 Å². The topological polar surface area (TPSA) is 69.6 Å². The van der Waals surface area contributed by atoms with E-state index in [1.807, 2.05) is 6.92 Å². The van der Waals surface area contributed by atoms with Crippen LogP contribution in [0.4, 0.5) is 14.5 Å². The van der Waals surface area contributed by atoms with Gasteiger partial charge in [0, 0.05) is 12.6 Å². The predicted molar refractivity (Wildman–Crippen MR) is 62.7 cm³/mol. The molecule has 0 aromatic heterocycles. The van der Waals surface area contributed by atoms with Crippen molar-refractivity contribution < 1.29 is 23.8 Å². The Morgan fingerprint density at radius 3 is 2.56 bits per heavy atom. The lowest BCUT2D eigenvalue weighted by atomic mass is 10.1. The molecule has 1 atom stereocenters. The van der Waals surface area contributed by atoms with Crippen LogP contribution in [0.15, 0.2) is 12.1 Å². The maximum atomic E-state index is 13.6. The summed E-state index contributed by atoms with van der Waals surface area (Å²) >= 11 is 0. The second-order valence-corrected chi connectivity index (χ2v) is 3.86. The number of benzene rings is 1. The van der Waals surface area contributed by atoms with Crippen molar-refractivity contribution in [2.24, 2.45) is 0 Å². The van der Waals surface area contributed by atoms with Crippen LogP contribution in [0.3, 0.4) is 0 Å². The maximum absolute atomic E-state index is 13.6. The van der Waals surface area contributed by atoms with Crippen molar-refractivity contribution >= 4 is 11.7 Å². The third kappa shape index (κ3) is 3.16. The number of rotatable bonds is 6. The summed E-state index contributed by atoms with van der Waals surface area (Å²) in [4.78, 5) is 10.6. The Balaban J connectivity index is 2.98. The van der Waals surface area contributed by atoms with Crippen LogP contribution in [0.2, 0.25) is 0 Å². The minimum atomic E-state index is -1.51. The van der Waals surface area contributed by atoms with Crippen LogP contribution in [0, 0.1) is 11.6 Å².